The fraction of sp³-hybridized carbons (Fsp3) is 0.174. The zero-order valence-corrected chi connectivity index (χ0v) is 15.6. The maximum absolute atomic E-state index is 10.5. The standard InChI is InChI=1S/C16H14O.C7H12O2/c17-16(13-15-9-5-2-6-10-15)12-11-14-7-3-1-4-8-14;1-5-6(8)9-7(2,3)4/h1-13,17H;5H,1H2,2-4H3. The molecule has 0 unspecified atom stereocenters. The van der Waals surface area contributed by atoms with Crippen molar-refractivity contribution in [2.45, 2.75) is 26.4 Å². The first-order valence-corrected chi connectivity index (χ1v) is 8.34. The van der Waals surface area contributed by atoms with Gasteiger partial charge in [-0.1, -0.05) is 73.3 Å². The topological polar surface area (TPSA) is 46.5 Å². The third-order valence-electron chi connectivity index (χ3n) is 2.93. The average Bonchev–Trinajstić information content (AvgIpc) is 2.61. The third kappa shape index (κ3) is 9.93. The Morgan fingerprint density at radius 3 is 1.88 bits per heavy atom. The van der Waals surface area contributed by atoms with E-state index in [-0.39, 0.29) is 11.7 Å². The minimum absolute atomic E-state index is 0.250. The lowest BCUT2D eigenvalue weighted by molar-refractivity contribution is -0.148. The highest BCUT2D eigenvalue weighted by Gasteiger charge is 2.12. The van der Waals surface area contributed by atoms with E-state index >= 15 is 0 Å². The Bertz CT molecular complexity index is 736. The zero-order chi connectivity index (χ0) is 19.4. The highest BCUT2D eigenvalue weighted by molar-refractivity contribution is 5.81. The molecular weight excluding hydrogens is 324 g/mol. The summed E-state index contributed by atoms with van der Waals surface area (Å²) in [6, 6.07) is 19.6. The molecule has 136 valence electrons. The molecule has 2 rings (SSSR count). The van der Waals surface area contributed by atoms with E-state index in [1.165, 1.54) is 0 Å². The molecule has 0 fully saturated rings. The first-order chi connectivity index (χ1) is 12.3. The van der Waals surface area contributed by atoms with Gasteiger partial charge in [-0.25, -0.2) is 4.79 Å². The van der Waals surface area contributed by atoms with Crippen LogP contribution in [0, 0.1) is 0 Å². The molecule has 0 amide bonds. The van der Waals surface area contributed by atoms with Crippen LogP contribution in [0.3, 0.4) is 0 Å². The number of aliphatic hydroxyl groups is 1. The molecule has 0 aromatic heterocycles. The van der Waals surface area contributed by atoms with Crippen LogP contribution in [-0.2, 0) is 9.53 Å². The SMILES string of the molecule is C=CC(=O)OC(C)(C)C.OC(C=Cc1ccccc1)=Cc1ccccc1. The quantitative estimate of drug-likeness (QED) is 0.327. The highest BCUT2D eigenvalue weighted by atomic mass is 16.6. The maximum Gasteiger partial charge on any atom is 0.330 e. The lowest BCUT2D eigenvalue weighted by atomic mass is 10.1. The minimum Gasteiger partial charge on any atom is -0.508 e. The number of ether oxygens (including phenoxy) is 1. The molecule has 0 spiro atoms. The number of allylic oxidation sites excluding steroid dienone is 1. The molecule has 0 radical (unpaired) electrons. The fourth-order valence-corrected chi connectivity index (χ4v) is 1.86. The van der Waals surface area contributed by atoms with Crippen LogP contribution >= 0.6 is 0 Å². The van der Waals surface area contributed by atoms with Crippen LogP contribution in [0.25, 0.3) is 12.2 Å². The molecule has 0 atom stereocenters. The molecule has 0 saturated heterocycles. The maximum atomic E-state index is 10.5. The van der Waals surface area contributed by atoms with E-state index in [2.05, 4.69) is 6.58 Å². The van der Waals surface area contributed by atoms with Crippen LogP contribution < -0.4 is 0 Å². The number of hydrogen-bond donors (Lipinski definition) is 1. The molecule has 2 aromatic carbocycles. The van der Waals surface area contributed by atoms with E-state index in [4.69, 9.17) is 4.74 Å². The van der Waals surface area contributed by atoms with Crippen molar-refractivity contribution in [2.24, 2.45) is 0 Å². The summed E-state index contributed by atoms with van der Waals surface area (Å²) in [4.78, 5) is 10.5. The Balaban J connectivity index is 0.000000321. The molecule has 0 bridgehead atoms. The molecule has 3 nitrogen and oxygen atoms in total. The second kappa shape index (κ2) is 10.7. The monoisotopic (exact) mass is 350 g/mol. The largest absolute Gasteiger partial charge is 0.508 e. The van der Waals surface area contributed by atoms with E-state index in [1.807, 2.05) is 87.5 Å². The average molecular weight is 350 g/mol. The number of aliphatic hydroxyl groups excluding tert-OH is 1. The summed E-state index contributed by atoms with van der Waals surface area (Å²) in [5, 5.41) is 9.74. The fourth-order valence-electron chi connectivity index (χ4n) is 1.86. The van der Waals surface area contributed by atoms with Gasteiger partial charge in [-0.2, -0.15) is 0 Å². The zero-order valence-electron chi connectivity index (χ0n) is 15.6. The van der Waals surface area contributed by atoms with Gasteiger partial charge in [0.05, 0.1) is 0 Å². The molecule has 0 aliphatic rings. The van der Waals surface area contributed by atoms with Gasteiger partial charge in [-0.15, -0.1) is 0 Å². The van der Waals surface area contributed by atoms with Crippen LogP contribution in [0.4, 0.5) is 0 Å². The van der Waals surface area contributed by atoms with E-state index in [0.29, 0.717) is 0 Å². The summed E-state index contributed by atoms with van der Waals surface area (Å²) in [5.41, 5.74) is 1.66. The minimum atomic E-state index is -0.398. The predicted molar refractivity (Wildman–Crippen MR) is 109 cm³/mol. The number of benzene rings is 2. The van der Waals surface area contributed by atoms with Crippen molar-refractivity contribution in [2.75, 3.05) is 0 Å². The molecule has 0 aliphatic heterocycles. The second-order valence-electron chi connectivity index (χ2n) is 6.46. The Morgan fingerprint density at radius 1 is 0.962 bits per heavy atom. The van der Waals surface area contributed by atoms with Gasteiger partial charge in [0.25, 0.3) is 0 Å². The van der Waals surface area contributed by atoms with Crippen LogP contribution in [0.1, 0.15) is 31.9 Å². The molecule has 2 aromatic rings. The van der Waals surface area contributed by atoms with Gasteiger partial charge in [-0.3, -0.25) is 0 Å². The summed E-state index contributed by atoms with van der Waals surface area (Å²) >= 11 is 0. The second-order valence-corrected chi connectivity index (χ2v) is 6.46. The van der Waals surface area contributed by atoms with Crippen molar-refractivity contribution >= 4 is 18.1 Å². The van der Waals surface area contributed by atoms with Gasteiger partial charge >= 0.3 is 5.97 Å². The van der Waals surface area contributed by atoms with Gasteiger partial charge in [0.15, 0.2) is 0 Å². The molecule has 0 aliphatic carbocycles. The first kappa shape index (κ1) is 21.0. The molecule has 26 heavy (non-hydrogen) atoms. The Morgan fingerprint density at radius 2 is 1.46 bits per heavy atom. The van der Waals surface area contributed by atoms with Crippen molar-refractivity contribution in [1.29, 1.82) is 0 Å². The Hall–Kier alpha value is -3.07. The number of carbonyl (C=O) groups is 1. The van der Waals surface area contributed by atoms with Gasteiger partial charge in [0.1, 0.15) is 11.4 Å². The van der Waals surface area contributed by atoms with E-state index < -0.39 is 5.60 Å². The molecule has 0 saturated carbocycles. The number of rotatable bonds is 4. The third-order valence-corrected chi connectivity index (χ3v) is 2.93. The van der Waals surface area contributed by atoms with Crippen molar-refractivity contribution in [1.82, 2.24) is 0 Å². The number of hydrogen-bond acceptors (Lipinski definition) is 3. The van der Waals surface area contributed by atoms with Gasteiger partial charge in [-0.05, 0) is 44.1 Å². The van der Waals surface area contributed by atoms with Gasteiger partial charge in [0, 0.05) is 6.08 Å². The predicted octanol–water partition coefficient (Wildman–Crippen LogP) is 5.81. The van der Waals surface area contributed by atoms with E-state index in [0.717, 1.165) is 17.2 Å². The van der Waals surface area contributed by atoms with Gasteiger partial charge in [0.2, 0.25) is 0 Å². The molecule has 0 heterocycles. The molecule has 3 heteroatoms. The summed E-state index contributed by atoms with van der Waals surface area (Å²) < 4.78 is 4.83. The van der Waals surface area contributed by atoms with Crippen molar-refractivity contribution in [3.05, 3.63) is 96.3 Å². The van der Waals surface area contributed by atoms with E-state index in [9.17, 15) is 9.90 Å². The summed E-state index contributed by atoms with van der Waals surface area (Å²) in [6.07, 6.45) is 6.47. The van der Waals surface area contributed by atoms with Crippen molar-refractivity contribution in [3.63, 3.8) is 0 Å². The van der Waals surface area contributed by atoms with Crippen molar-refractivity contribution < 1.29 is 14.6 Å². The number of esters is 1. The molecular formula is C23H26O3. The summed E-state index contributed by atoms with van der Waals surface area (Å²) in [7, 11) is 0. The highest BCUT2D eigenvalue weighted by Crippen LogP contribution is 2.08. The van der Waals surface area contributed by atoms with Crippen LogP contribution in [0.5, 0.6) is 0 Å². The number of carbonyl (C=O) groups excluding carboxylic acids is 1. The van der Waals surface area contributed by atoms with Gasteiger partial charge < -0.3 is 9.84 Å². The van der Waals surface area contributed by atoms with Crippen LogP contribution in [0.15, 0.2) is 85.2 Å². The lowest BCUT2D eigenvalue weighted by Gasteiger charge is -2.17. The summed E-state index contributed by atoms with van der Waals surface area (Å²) in [6.45, 7) is 8.71. The summed E-state index contributed by atoms with van der Waals surface area (Å²) in [5.74, 6) is -0.123. The van der Waals surface area contributed by atoms with Crippen LogP contribution in [0.2, 0.25) is 0 Å². The first-order valence-electron chi connectivity index (χ1n) is 8.34. The normalized spacial score (nSPS) is 11.4. The molecule has 1 N–H and O–H groups in total. The van der Waals surface area contributed by atoms with Crippen LogP contribution in [-0.4, -0.2) is 16.7 Å². The Kier molecular flexibility index (Phi) is 8.65. The Labute approximate surface area is 156 Å². The smallest absolute Gasteiger partial charge is 0.330 e. The van der Waals surface area contributed by atoms with E-state index in [1.54, 1.807) is 12.2 Å². The van der Waals surface area contributed by atoms with Crippen molar-refractivity contribution in [3.8, 4) is 0 Å². The lowest BCUT2D eigenvalue weighted by Crippen LogP contribution is -2.22.